The lowest BCUT2D eigenvalue weighted by molar-refractivity contribution is 0.362. The van der Waals surface area contributed by atoms with E-state index in [4.69, 9.17) is 4.74 Å². The highest BCUT2D eigenvalue weighted by molar-refractivity contribution is 7.15. The van der Waals surface area contributed by atoms with Crippen LogP contribution in [0, 0.1) is 0 Å². The summed E-state index contributed by atoms with van der Waals surface area (Å²) in [6.07, 6.45) is 10.3. The molecule has 0 aliphatic carbocycles. The second kappa shape index (κ2) is 9.47. The van der Waals surface area contributed by atoms with E-state index in [-0.39, 0.29) is 0 Å². The monoisotopic (exact) mass is 314 g/mol. The number of rotatable bonds is 9. The van der Waals surface area contributed by atoms with E-state index in [1.54, 1.807) is 0 Å². The molecule has 0 fully saturated rings. The molecule has 1 aromatic carbocycles. The zero-order valence-electron chi connectivity index (χ0n) is 13.7. The first-order valence-electron chi connectivity index (χ1n) is 8.30. The van der Waals surface area contributed by atoms with E-state index >= 15 is 0 Å². The number of unbranched alkanes of at least 4 members (excludes halogenated alkanes) is 2. The van der Waals surface area contributed by atoms with E-state index in [1.807, 2.05) is 11.3 Å². The predicted molar refractivity (Wildman–Crippen MR) is 97.9 cm³/mol. The summed E-state index contributed by atoms with van der Waals surface area (Å²) >= 11 is 1.91. The number of thiophene rings is 1. The van der Waals surface area contributed by atoms with Crippen molar-refractivity contribution in [3.8, 4) is 16.2 Å². The average Bonchev–Trinajstić information content (AvgIpc) is 3.02. The molecule has 0 saturated heterocycles. The lowest BCUT2D eigenvalue weighted by Crippen LogP contribution is -1.92. The molecule has 118 valence electrons. The highest BCUT2D eigenvalue weighted by Crippen LogP contribution is 2.30. The van der Waals surface area contributed by atoms with Gasteiger partial charge in [0.05, 0.1) is 0 Å². The quantitative estimate of drug-likeness (QED) is 0.480. The van der Waals surface area contributed by atoms with Crippen LogP contribution in [0.2, 0.25) is 0 Å². The molecule has 0 amide bonds. The average molecular weight is 314 g/mol. The van der Waals surface area contributed by atoms with Crippen LogP contribution in [0.1, 0.15) is 44.4 Å². The van der Waals surface area contributed by atoms with E-state index in [1.165, 1.54) is 41.0 Å². The summed E-state index contributed by atoms with van der Waals surface area (Å²) in [5.41, 5.74) is 1.28. The number of ether oxygens (including phenoxy) is 1. The van der Waals surface area contributed by atoms with Crippen LogP contribution < -0.4 is 4.74 Å². The molecule has 2 aromatic rings. The van der Waals surface area contributed by atoms with E-state index in [0.717, 1.165) is 12.2 Å². The van der Waals surface area contributed by atoms with Crippen LogP contribution in [0.4, 0.5) is 0 Å². The van der Waals surface area contributed by atoms with E-state index < -0.39 is 0 Å². The van der Waals surface area contributed by atoms with Crippen molar-refractivity contribution in [2.24, 2.45) is 0 Å². The van der Waals surface area contributed by atoms with Crippen LogP contribution >= 0.6 is 11.3 Å². The molecule has 0 unspecified atom stereocenters. The number of allylic oxidation sites excluding steroid dienone is 1. The van der Waals surface area contributed by atoms with Gasteiger partial charge in [-0.25, -0.2) is 0 Å². The molecule has 0 saturated carbocycles. The van der Waals surface area contributed by atoms with Crippen molar-refractivity contribution in [1.29, 1.82) is 0 Å². The van der Waals surface area contributed by atoms with Crippen molar-refractivity contribution >= 4 is 11.3 Å². The van der Waals surface area contributed by atoms with Crippen LogP contribution in [0.25, 0.3) is 10.4 Å². The molecule has 0 bridgehead atoms. The van der Waals surface area contributed by atoms with Gasteiger partial charge in [0.25, 0.3) is 0 Å². The first-order valence-corrected chi connectivity index (χ1v) is 9.12. The molecule has 2 heteroatoms. The summed E-state index contributed by atoms with van der Waals surface area (Å²) in [4.78, 5) is 2.83. The van der Waals surface area contributed by atoms with Crippen LogP contribution in [0.5, 0.6) is 5.75 Å². The minimum atomic E-state index is 0.652. The highest BCUT2D eigenvalue weighted by Gasteiger charge is 2.03. The molecule has 0 N–H and O–H groups in total. The first kappa shape index (κ1) is 16.8. The van der Waals surface area contributed by atoms with Gasteiger partial charge in [-0.2, -0.15) is 0 Å². The molecule has 0 atom stereocenters. The summed E-state index contributed by atoms with van der Waals surface area (Å²) < 4.78 is 5.72. The summed E-state index contributed by atoms with van der Waals surface area (Å²) in [6.45, 7) is 5.08. The van der Waals surface area contributed by atoms with Crippen molar-refractivity contribution in [1.82, 2.24) is 0 Å². The largest absolute Gasteiger partial charge is 0.490 e. The molecule has 2 rings (SSSR count). The van der Waals surface area contributed by atoms with Gasteiger partial charge >= 0.3 is 0 Å². The molecular weight excluding hydrogens is 288 g/mol. The Bertz CT molecular complexity index is 566. The van der Waals surface area contributed by atoms with Crippen LogP contribution in [-0.4, -0.2) is 6.61 Å². The van der Waals surface area contributed by atoms with E-state index in [0.29, 0.717) is 6.61 Å². The molecule has 22 heavy (non-hydrogen) atoms. The van der Waals surface area contributed by atoms with Crippen LogP contribution in [0.15, 0.2) is 48.6 Å². The van der Waals surface area contributed by atoms with Crippen molar-refractivity contribution in [3.05, 3.63) is 53.4 Å². The standard InChI is InChI=1S/C20H26OS/c1-3-5-7-8-16-21-18-12-10-17(11-13-18)20-15-14-19(22-20)9-6-4-2/h7-8,10-15H,3-6,9,16H2,1-2H3/b8-7+. The number of aryl methyl sites for hydroxylation is 1. The molecule has 0 radical (unpaired) electrons. The minimum Gasteiger partial charge on any atom is -0.490 e. The molecule has 1 heterocycles. The summed E-state index contributed by atoms with van der Waals surface area (Å²) in [5.74, 6) is 0.938. The fourth-order valence-electron chi connectivity index (χ4n) is 2.23. The Morgan fingerprint density at radius 2 is 1.77 bits per heavy atom. The van der Waals surface area contributed by atoms with Gasteiger partial charge in [-0.05, 0) is 61.2 Å². The summed E-state index contributed by atoms with van der Waals surface area (Å²) in [7, 11) is 0. The smallest absolute Gasteiger partial charge is 0.119 e. The van der Waals surface area contributed by atoms with Gasteiger partial charge in [-0.15, -0.1) is 11.3 Å². The molecule has 1 aromatic heterocycles. The third-order valence-electron chi connectivity index (χ3n) is 3.55. The van der Waals surface area contributed by atoms with Gasteiger partial charge in [0.15, 0.2) is 0 Å². The minimum absolute atomic E-state index is 0.652. The molecule has 0 spiro atoms. The summed E-state index contributed by atoms with van der Waals surface area (Å²) in [6, 6.07) is 12.9. The molecular formula is C20H26OS. The third kappa shape index (κ3) is 5.34. The molecule has 0 aliphatic heterocycles. The SMILES string of the molecule is CCC/C=C/COc1ccc(-c2ccc(CCCC)s2)cc1. The Kier molecular flexibility index (Phi) is 7.24. The maximum Gasteiger partial charge on any atom is 0.119 e. The van der Waals surface area contributed by atoms with E-state index in [9.17, 15) is 0 Å². The Balaban J connectivity index is 1.89. The Morgan fingerprint density at radius 3 is 2.50 bits per heavy atom. The lowest BCUT2D eigenvalue weighted by Gasteiger charge is -2.04. The van der Waals surface area contributed by atoms with Crippen LogP contribution in [-0.2, 0) is 6.42 Å². The van der Waals surface area contributed by atoms with Gasteiger partial charge in [0.2, 0.25) is 0 Å². The van der Waals surface area contributed by atoms with Crippen molar-refractivity contribution in [3.63, 3.8) is 0 Å². The number of hydrogen-bond donors (Lipinski definition) is 0. The van der Waals surface area contributed by atoms with Gasteiger partial charge in [-0.3, -0.25) is 0 Å². The maximum absolute atomic E-state index is 5.72. The van der Waals surface area contributed by atoms with Gasteiger partial charge in [-0.1, -0.05) is 38.8 Å². The van der Waals surface area contributed by atoms with Crippen LogP contribution in [0.3, 0.4) is 0 Å². The van der Waals surface area contributed by atoms with E-state index in [2.05, 4.69) is 62.4 Å². The van der Waals surface area contributed by atoms with Gasteiger partial charge in [0, 0.05) is 9.75 Å². The third-order valence-corrected chi connectivity index (χ3v) is 4.74. The second-order valence-corrected chi connectivity index (χ2v) is 6.63. The number of hydrogen-bond acceptors (Lipinski definition) is 2. The Morgan fingerprint density at radius 1 is 0.955 bits per heavy atom. The zero-order chi connectivity index (χ0) is 15.6. The Hall–Kier alpha value is -1.54. The fraction of sp³-hybridized carbons (Fsp3) is 0.400. The highest BCUT2D eigenvalue weighted by atomic mass is 32.1. The van der Waals surface area contributed by atoms with Crippen molar-refractivity contribution in [2.45, 2.75) is 46.0 Å². The first-order chi connectivity index (χ1) is 10.8. The fourth-order valence-corrected chi connectivity index (χ4v) is 3.29. The van der Waals surface area contributed by atoms with Crippen molar-refractivity contribution < 1.29 is 4.74 Å². The van der Waals surface area contributed by atoms with Crippen molar-refractivity contribution in [2.75, 3.05) is 6.61 Å². The number of benzene rings is 1. The van der Waals surface area contributed by atoms with Gasteiger partial charge < -0.3 is 4.74 Å². The summed E-state index contributed by atoms with van der Waals surface area (Å²) in [5, 5.41) is 0. The maximum atomic E-state index is 5.72. The second-order valence-electron chi connectivity index (χ2n) is 5.46. The Labute approximate surface area is 138 Å². The zero-order valence-corrected chi connectivity index (χ0v) is 14.5. The molecule has 0 aliphatic rings. The predicted octanol–water partition coefficient (Wildman–Crippen LogP) is 6.49. The topological polar surface area (TPSA) is 9.23 Å². The molecule has 1 nitrogen and oxygen atoms in total. The van der Waals surface area contributed by atoms with Gasteiger partial charge in [0.1, 0.15) is 12.4 Å². The lowest BCUT2D eigenvalue weighted by atomic mass is 10.2. The normalized spacial score (nSPS) is 11.2.